The van der Waals surface area contributed by atoms with Crippen molar-refractivity contribution in [2.24, 2.45) is 0 Å². The summed E-state index contributed by atoms with van der Waals surface area (Å²) in [4.78, 5) is 11.5. The van der Waals surface area contributed by atoms with E-state index in [0.29, 0.717) is 12.0 Å². The van der Waals surface area contributed by atoms with Crippen LogP contribution in [0, 0.1) is 11.6 Å². The number of hydrogen-bond donors (Lipinski definition) is 0. The Labute approximate surface area is 120 Å². The van der Waals surface area contributed by atoms with E-state index in [1.807, 2.05) is 0 Å². The molecule has 1 heterocycles. The highest BCUT2D eigenvalue weighted by atomic mass is 35.5. The van der Waals surface area contributed by atoms with Crippen LogP contribution in [0.1, 0.15) is 31.2 Å². The molecular formula is C14H15ClF2O3. The van der Waals surface area contributed by atoms with Crippen molar-refractivity contribution < 1.29 is 23.0 Å². The van der Waals surface area contributed by atoms with E-state index in [1.54, 1.807) is 6.92 Å². The lowest BCUT2D eigenvalue weighted by molar-refractivity contribution is -0.378. The summed E-state index contributed by atoms with van der Waals surface area (Å²) in [5, 5.41) is 0. The summed E-state index contributed by atoms with van der Waals surface area (Å²) in [6.45, 7) is 1.76. The van der Waals surface area contributed by atoms with E-state index in [0.717, 1.165) is 12.1 Å². The van der Waals surface area contributed by atoms with E-state index in [4.69, 9.17) is 21.1 Å². The molecule has 20 heavy (non-hydrogen) atoms. The molecule has 1 aliphatic heterocycles. The minimum absolute atomic E-state index is 0.108. The molecule has 0 saturated carbocycles. The van der Waals surface area contributed by atoms with Crippen molar-refractivity contribution in [2.75, 3.05) is 5.88 Å². The Hall–Kier alpha value is -1.04. The predicted molar refractivity (Wildman–Crippen MR) is 69.5 cm³/mol. The van der Waals surface area contributed by atoms with Crippen LogP contribution < -0.4 is 0 Å². The highest BCUT2D eigenvalue weighted by molar-refractivity contribution is 6.27. The average Bonchev–Trinajstić information content (AvgIpc) is 2.39. The Morgan fingerprint density at radius 2 is 2.05 bits per heavy atom. The van der Waals surface area contributed by atoms with E-state index >= 15 is 0 Å². The largest absolute Gasteiger partial charge is 0.324 e. The molecule has 1 unspecified atom stereocenters. The van der Waals surface area contributed by atoms with Gasteiger partial charge < -0.3 is 9.47 Å². The van der Waals surface area contributed by atoms with Crippen LogP contribution in [0.3, 0.4) is 0 Å². The van der Waals surface area contributed by atoms with Crippen LogP contribution in [-0.2, 0) is 14.3 Å². The maximum atomic E-state index is 13.3. The van der Waals surface area contributed by atoms with Crippen molar-refractivity contribution >= 4 is 17.4 Å². The van der Waals surface area contributed by atoms with Gasteiger partial charge in [0, 0.05) is 12.8 Å². The van der Waals surface area contributed by atoms with Crippen molar-refractivity contribution in [3.63, 3.8) is 0 Å². The Balaban J connectivity index is 2.11. The quantitative estimate of drug-likeness (QED) is 0.756. The van der Waals surface area contributed by atoms with Gasteiger partial charge in [0.2, 0.25) is 0 Å². The van der Waals surface area contributed by atoms with Crippen LogP contribution in [0.2, 0.25) is 0 Å². The number of carbonyl (C=O) groups is 1. The van der Waals surface area contributed by atoms with E-state index in [2.05, 4.69) is 0 Å². The maximum Gasteiger partial charge on any atom is 0.164 e. The molecular weight excluding hydrogens is 290 g/mol. The number of alkyl halides is 1. The van der Waals surface area contributed by atoms with Gasteiger partial charge in [0.15, 0.2) is 24.2 Å². The molecule has 3 nitrogen and oxygen atoms in total. The zero-order chi connectivity index (χ0) is 14.7. The Morgan fingerprint density at radius 3 is 2.60 bits per heavy atom. The predicted octanol–water partition coefficient (Wildman–Crippen LogP) is 3.36. The van der Waals surface area contributed by atoms with E-state index < -0.39 is 17.9 Å². The fourth-order valence-corrected chi connectivity index (χ4v) is 2.32. The summed E-state index contributed by atoms with van der Waals surface area (Å²) in [5.74, 6) is -2.43. The summed E-state index contributed by atoms with van der Waals surface area (Å²) in [6.07, 6.45) is -0.148. The minimum atomic E-state index is -0.936. The van der Waals surface area contributed by atoms with Crippen molar-refractivity contribution in [2.45, 2.75) is 38.3 Å². The van der Waals surface area contributed by atoms with Gasteiger partial charge in [-0.1, -0.05) is 6.07 Å². The zero-order valence-electron chi connectivity index (χ0n) is 10.9. The Bertz CT molecular complexity index is 489. The molecule has 0 bridgehead atoms. The fourth-order valence-electron chi connectivity index (χ4n) is 2.21. The number of benzene rings is 1. The van der Waals surface area contributed by atoms with E-state index in [9.17, 15) is 13.6 Å². The third-order valence-corrected chi connectivity index (χ3v) is 3.50. The standard InChI is InChI=1S/C14H15ClF2O3/c1-8-19-14(20-8)6-10(4-11(18)7-15)9-2-3-12(16)13(17)5-9/h2-3,5,8,10,14H,4,6-7H2,1H3. The van der Waals surface area contributed by atoms with Crippen LogP contribution in [0.4, 0.5) is 8.78 Å². The van der Waals surface area contributed by atoms with Gasteiger partial charge in [0.1, 0.15) is 5.78 Å². The van der Waals surface area contributed by atoms with Gasteiger partial charge >= 0.3 is 0 Å². The van der Waals surface area contributed by atoms with Crippen LogP contribution in [0.5, 0.6) is 0 Å². The molecule has 0 aromatic heterocycles. The molecule has 0 aliphatic carbocycles. The summed E-state index contributed by atoms with van der Waals surface area (Å²) in [6, 6.07) is 3.62. The molecule has 1 aromatic carbocycles. The molecule has 1 atom stereocenters. The molecule has 2 rings (SSSR count). The third kappa shape index (κ3) is 3.75. The highest BCUT2D eigenvalue weighted by Gasteiger charge is 2.31. The topological polar surface area (TPSA) is 35.5 Å². The molecule has 0 N–H and O–H groups in total. The molecule has 1 fully saturated rings. The van der Waals surface area contributed by atoms with Crippen LogP contribution in [-0.4, -0.2) is 24.2 Å². The summed E-state index contributed by atoms with van der Waals surface area (Å²) >= 11 is 5.50. The third-order valence-electron chi connectivity index (χ3n) is 3.20. The smallest absolute Gasteiger partial charge is 0.164 e. The van der Waals surface area contributed by atoms with Gasteiger partial charge in [-0.3, -0.25) is 4.79 Å². The van der Waals surface area contributed by atoms with Gasteiger partial charge in [0.25, 0.3) is 0 Å². The summed E-state index contributed by atoms with van der Waals surface area (Å²) < 4.78 is 36.9. The number of halogens is 3. The van der Waals surface area contributed by atoms with Gasteiger partial charge in [-0.25, -0.2) is 8.78 Å². The SMILES string of the molecule is CC1OC(CC(CC(=O)CCl)c2ccc(F)c(F)c2)O1. The van der Waals surface area contributed by atoms with E-state index in [1.165, 1.54) is 6.07 Å². The van der Waals surface area contributed by atoms with Gasteiger partial charge in [-0.2, -0.15) is 0 Å². The molecule has 0 radical (unpaired) electrons. The lowest BCUT2D eigenvalue weighted by Gasteiger charge is -2.36. The first-order valence-corrected chi connectivity index (χ1v) is 6.86. The average molecular weight is 305 g/mol. The number of ether oxygens (including phenoxy) is 2. The maximum absolute atomic E-state index is 13.3. The normalized spacial score (nSPS) is 23.2. The molecule has 0 spiro atoms. The summed E-state index contributed by atoms with van der Waals surface area (Å²) in [5.41, 5.74) is 0.536. The molecule has 110 valence electrons. The first-order valence-electron chi connectivity index (χ1n) is 6.33. The van der Waals surface area contributed by atoms with Crippen molar-refractivity contribution in [3.8, 4) is 0 Å². The van der Waals surface area contributed by atoms with E-state index in [-0.39, 0.29) is 30.3 Å². The Kier molecular flexibility index (Phi) is 5.07. The number of carbonyl (C=O) groups excluding carboxylic acids is 1. The second-order valence-corrected chi connectivity index (χ2v) is 5.02. The Morgan fingerprint density at radius 1 is 1.35 bits per heavy atom. The zero-order valence-corrected chi connectivity index (χ0v) is 11.7. The molecule has 0 amide bonds. The molecule has 1 saturated heterocycles. The van der Waals surface area contributed by atoms with Gasteiger partial charge in [-0.05, 0) is 30.5 Å². The minimum Gasteiger partial charge on any atom is -0.324 e. The lowest BCUT2D eigenvalue weighted by atomic mass is 9.90. The number of Topliss-reactive ketones (excluding diaryl/α,β-unsaturated/α-hetero) is 1. The van der Waals surface area contributed by atoms with Crippen LogP contribution >= 0.6 is 11.6 Å². The van der Waals surface area contributed by atoms with Crippen LogP contribution in [0.25, 0.3) is 0 Å². The van der Waals surface area contributed by atoms with Crippen molar-refractivity contribution in [1.82, 2.24) is 0 Å². The number of rotatable bonds is 6. The second-order valence-electron chi connectivity index (χ2n) is 4.75. The van der Waals surface area contributed by atoms with Crippen LogP contribution in [0.15, 0.2) is 18.2 Å². The van der Waals surface area contributed by atoms with Gasteiger partial charge in [0.05, 0.1) is 5.88 Å². The first kappa shape index (κ1) is 15.4. The van der Waals surface area contributed by atoms with Gasteiger partial charge in [-0.15, -0.1) is 11.6 Å². The molecule has 1 aromatic rings. The summed E-state index contributed by atoms with van der Waals surface area (Å²) in [7, 11) is 0. The van der Waals surface area contributed by atoms with Crippen molar-refractivity contribution in [3.05, 3.63) is 35.4 Å². The lowest BCUT2D eigenvalue weighted by Crippen LogP contribution is -2.39. The highest BCUT2D eigenvalue weighted by Crippen LogP contribution is 2.32. The second kappa shape index (κ2) is 6.61. The monoisotopic (exact) mass is 304 g/mol. The number of ketones is 1. The number of hydrogen-bond acceptors (Lipinski definition) is 3. The molecule has 6 heteroatoms. The molecule has 1 aliphatic rings. The fraction of sp³-hybridized carbons (Fsp3) is 0.500. The van der Waals surface area contributed by atoms with Crippen molar-refractivity contribution in [1.29, 1.82) is 0 Å². The first-order chi connectivity index (χ1) is 9.49.